The number of nitrogens with zero attached hydrogens (tertiary/aromatic N) is 5. The van der Waals surface area contributed by atoms with Crippen molar-refractivity contribution in [3.05, 3.63) is 65.8 Å². The minimum absolute atomic E-state index is 0.327. The van der Waals surface area contributed by atoms with Crippen molar-refractivity contribution in [3.8, 4) is 11.3 Å². The van der Waals surface area contributed by atoms with Crippen LogP contribution in [0.25, 0.3) is 16.9 Å². The molecule has 2 atom stereocenters. The molecule has 0 amide bonds. The quantitative estimate of drug-likeness (QED) is 0.625. The Morgan fingerprint density at radius 1 is 1.08 bits per heavy atom. The molecule has 0 bridgehead atoms. The maximum absolute atomic E-state index is 4.78. The van der Waals surface area contributed by atoms with Gasteiger partial charge >= 0.3 is 0 Å². The molecule has 1 aromatic carbocycles. The van der Waals surface area contributed by atoms with Gasteiger partial charge in [-0.1, -0.05) is 30.3 Å². The highest BCUT2D eigenvalue weighted by Gasteiger charge is 2.44. The van der Waals surface area contributed by atoms with Gasteiger partial charge in [0.25, 0.3) is 0 Å². The number of aryl methyl sites for hydroxylation is 2. The molecule has 6 nitrogen and oxygen atoms in total. The van der Waals surface area contributed by atoms with Crippen LogP contribution in [0.1, 0.15) is 41.3 Å². The Morgan fingerprint density at radius 3 is 2.72 bits per heavy atom. The van der Waals surface area contributed by atoms with Crippen LogP contribution in [0.2, 0.25) is 0 Å². The average Bonchev–Trinajstić information content (AvgIpc) is 3.09. The van der Waals surface area contributed by atoms with E-state index in [1.165, 1.54) is 0 Å². The molecule has 124 valence electrons. The van der Waals surface area contributed by atoms with Gasteiger partial charge in [0.05, 0.1) is 17.1 Å². The van der Waals surface area contributed by atoms with Crippen LogP contribution in [0.5, 0.6) is 0 Å². The van der Waals surface area contributed by atoms with Crippen molar-refractivity contribution < 1.29 is 0 Å². The fourth-order valence-electron chi connectivity index (χ4n) is 3.33. The predicted octanol–water partition coefficient (Wildman–Crippen LogP) is 3.40. The summed E-state index contributed by atoms with van der Waals surface area (Å²) in [6.45, 7) is 3.97. The van der Waals surface area contributed by atoms with Crippen LogP contribution in [0.3, 0.4) is 0 Å². The van der Waals surface area contributed by atoms with E-state index in [1.807, 2.05) is 49.0 Å². The molecule has 1 fully saturated rings. The third-order valence-electron chi connectivity index (χ3n) is 4.87. The van der Waals surface area contributed by atoms with Crippen LogP contribution in [0.4, 0.5) is 0 Å². The molecule has 0 aliphatic heterocycles. The van der Waals surface area contributed by atoms with E-state index in [-0.39, 0.29) is 0 Å². The molecule has 1 saturated carbocycles. The number of benzene rings is 1. The summed E-state index contributed by atoms with van der Waals surface area (Å²) in [4.78, 5) is 17.2. The normalized spacial score (nSPS) is 19.4. The Balaban J connectivity index is 1.43. The number of aromatic amines is 1. The second-order valence-corrected chi connectivity index (χ2v) is 6.68. The summed E-state index contributed by atoms with van der Waals surface area (Å²) < 4.78 is 1.89. The van der Waals surface area contributed by atoms with Gasteiger partial charge < -0.3 is 4.98 Å². The van der Waals surface area contributed by atoms with Gasteiger partial charge in [0, 0.05) is 29.8 Å². The fourth-order valence-corrected chi connectivity index (χ4v) is 3.33. The predicted molar refractivity (Wildman–Crippen MR) is 94.4 cm³/mol. The van der Waals surface area contributed by atoms with Gasteiger partial charge in [-0.2, -0.15) is 5.10 Å². The second kappa shape index (κ2) is 5.24. The average molecular weight is 330 g/mol. The molecule has 3 aromatic heterocycles. The van der Waals surface area contributed by atoms with Crippen LogP contribution < -0.4 is 0 Å². The van der Waals surface area contributed by atoms with Crippen molar-refractivity contribution in [1.82, 2.24) is 29.5 Å². The van der Waals surface area contributed by atoms with E-state index in [4.69, 9.17) is 15.1 Å². The number of nitrogens with one attached hydrogen (secondary N) is 1. The summed E-state index contributed by atoms with van der Waals surface area (Å²) in [5, 5.41) is 4.70. The number of fused-ring (bicyclic) bond motifs is 1. The number of hydrogen-bond acceptors (Lipinski definition) is 4. The smallest absolute Gasteiger partial charge is 0.177 e. The third kappa shape index (κ3) is 2.33. The monoisotopic (exact) mass is 330 g/mol. The van der Waals surface area contributed by atoms with E-state index in [0.29, 0.717) is 11.8 Å². The maximum atomic E-state index is 4.78. The Labute approximate surface area is 145 Å². The lowest BCUT2D eigenvalue weighted by molar-refractivity contribution is 0.822. The number of H-pyrrole nitrogens is 1. The summed E-state index contributed by atoms with van der Waals surface area (Å²) in [6.07, 6.45) is 4.85. The Hall–Kier alpha value is -3.02. The molecular weight excluding hydrogens is 312 g/mol. The van der Waals surface area contributed by atoms with Gasteiger partial charge in [-0.3, -0.25) is 4.98 Å². The summed E-state index contributed by atoms with van der Waals surface area (Å²) >= 11 is 0. The van der Waals surface area contributed by atoms with Gasteiger partial charge in [0.15, 0.2) is 11.5 Å². The Bertz CT molecular complexity index is 1020. The minimum Gasteiger partial charge on any atom is -0.348 e. The lowest BCUT2D eigenvalue weighted by Gasteiger charge is -1.97. The van der Waals surface area contributed by atoms with E-state index in [2.05, 4.69) is 22.1 Å². The summed E-state index contributed by atoms with van der Waals surface area (Å²) in [5.74, 6) is 2.60. The van der Waals surface area contributed by atoms with Crippen molar-refractivity contribution in [3.63, 3.8) is 0 Å². The molecule has 1 N–H and O–H groups in total. The molecule has 0 spiro atoms. The first-order valence-corrected chi connectivity index (χ1v) is 8.50. The molecule has 25 heavy (non-hydrogen) atoms. The molecule has 3 heterocycles. The molecule has 1 aliphatic carbocycles. The number of rotatable bonds is 3. The van der Waals surface area contributed by atoms with Crippen LogP contribution in [0, 0.1) is 13.8 Å². The molecule has 4 aromatic rings. The van der Waals surface area contributed by atoms with E-state index < -0.39 is 0 Å². The van der Waals surface area contributed by atoms with Crippen LogP contribution in [0.15, 0.2) is 42.7 Å². The second-order valence-electron chi connectivity index (χ2n) is 6.68. The van der Waals surface area contributed by atoms with Crippen molar-refractivity contribution in [2.24, 2.45) is 0 Å². The molecule has 0 saturated heterocycles. The summed E-state index contributed by atoms with van der Waals surface area (Å²) in [7, 11) is 0. The lowest BCUT2D eigenvalue weighted by atomic mass is 10.2. The zero-order chi connectivity index (χ0) is 17.0. The van der Waals surface area contributed by atoms with E-state index in [9.17, 15) is 0 Å². The highest BCUT2D eigenvalue weighted by Crippen LogP contribution is 2.52. The summed E-state index contributed by atoms with van der Waals surface area (Å²) in [5.41, 5.74) is 4.88. The molecular formula is C19H18N6. The van der Waals surface area contributed by atoms with Gasteiger partial charge in [-0.25, -0.2) is 14.5 Å². The molecule has 0 radical (unpaired) electrons. The minimum atomic E-state index is 0.327. The van der Waals surface area contributed by atoms with E-state index in [1.54, 1.807) is 0 Å². The first-order valence-electron chi connectivity index (χ1n) is 8.50. The topological polar surface area (TPSA) is 71.8 Å². The van der Waals surface area contributed by atoms with Gasteiger partial charge in [-0.15, -0.1) is 0 Å². The zero-order valence-corrected chi connectivity index (χ0v) is 14.1. The molecule has 2 unspecified atom stereocenters. The third-order valence-corrected chi connectivity index (χ3v) is 4.87. The van der Waals surface area contributed by atoms with Crippen LogP contribution in [-0.4, -0.2) is 29.5 Å². The largest absolute Gasteiger partial charge is 0.348 e. The van der Waals surface area contributed by atoms with Crippen molar-refractivity contribution in [1.29, 1.82) is 0 Å². The number of hydrogen-bond donors (Lipinski definition) is 1. The number of aromatic nitrogens is 6. The van der Waals surface area contributed by atoms with Gasteiger partial charge in [-0.05, 0) is 20.3 Å². The van der Waals surface area contributed by atoms with Crippen molar-refractivity contribution >= 4 is 5.65 Å². The number of imidazole rings is 1. The molecule has 6 heteroatoms. The maximum Gasteiger partial charge on any atom is 0.177 e. The van der Waals surface area contributed by atoms with Crippen molar-refractivity contribution in [2.75, 3.05) is 0 Å². The Morgan fingerprint density at radius 2 is 1.92 bits per heavy atom. The molecule has 5 rings (SSSR count). The van der Waals surface area contributed by atoms with Crippen LogP contribution in [-0.2, 0) is 0 Å². The summed E-state index contributed by atoms with van der Waals surface area (Å²) in [6, 6.07) is 10.2. The first-order chi connectivity index (χ1) is 12.2. The van der Waals surface area contributed by atoms with Gasteiger partial charge in [0.2, 0.25) is 0 Å². The molecule has 1 aliphatic rings. The lowest BCUT2D eigenvalue weighted by Crippen LogP contribution is -1.97. The zero-order valence-electron chi connectivity index (χ0n) is 14.1. The standard InChI is InChI=1S/C19H18N6/c1-11-9-20-12(2)19-23-18(24-25(11)19)15-8-14(15)17-21-10-16(22-17)13-6-4-3-5-7-13/h3-7,9-10,14-15H,8H2,1-2H3,(H,21,22). The highest BCUT2D eigenvalue weighted by atomic mass is 15.3. The first kappa shape index (κ1) is 14.3. The fraction of sp³-hybridized carbons (Fsp3) is 0.263. The van der Waals surface area contributed by atoms with E-state index in [0.717, 1.165) is 46.4 Å². The van der Waals surface area contributed by atoms with Crippen LogP contribution >= 0.6 is 0 Å². The van der Waals surface area contributed by atoms with E-state index >= 15 is 0 Å². The van der Waals surface area contributed by atoms with Crippen molar-refractivity contribution in [2.45, 2.75) is 32.1 Å². The van der Waals surface area contributed by atoms with Gasteiger partial charge in [0.1, 0.15) is 5.82 Å². The SMILES string of the molecule is Cc1ncc(C)n2nc(C3CC3c3nc(-c4ccccc4)c[nH]3)nc12. The highest BCUT2D eigenvalue weighted by molar-refractivity contribution is 5.58. The Kier molecular flexibility index (Phi) is 3.00.